The Morgan fingerprint density at radius 1 is 1.47 bits per heavy atom. The van der Waals surface area contributed by atoms with Gasteiger partial charge >= 0.3 is 0 Å². The lowest BCUT2D eigenvalue weighted by atomic mass is 9.83. The van der Waals surface area contributed by atoms with Gasteiger partial charge in [-0.3, -0.25) is 0 Å². The van der Waals surface area contributed by atoms with E-state index in [9.17, 15) is 4.39 Å². The number of rotatable bonds is 5. The summed E-state index contributed by atoms with van der Waals surface area (Å²) in [5.41, 5.74) is 6.50. The van der Waals surface area contributed by atoms with E-state index in [2.05, 4.69) is 5.32 Å². The number of hydrogen-bond donors (Lipinski definition) is 2. The number of halogens is 1. The van der Waals surface area contributed by atoms with E-state index < -0.39 is 0 Å². The number of hydrogen-bond acceptors (Lipinski definition) is 2. The van der Waals surface area contributed by atoms with E-state index in [0.717, 1.165) is 18.2 Å². The second-order valence-corrected chi connectivity index (χ2v) is 5.01. The minimum atomic E-state index is -0.355. The predicted octanol–water partition coefficient (Wildman–Crippen LogP) is 3.06. The summed E-state index contributed by atoms with van der Waals surface area (Å²) in [6.45, 7) is 0.899. The Labute approximate surface area is 106 Å². The lowest BCUT2D eigenvalue weighted by Crippen LogP contribution is -2.16. The largest absolute Gasteiger partial charge is 0.389 e. The van der Waals surface area contributed by atoms with Crippen LogP contribution in [0, 0.1) is 11.7 Å². The van der Waals surface area contributed by atoms with Crippen LogP contribution in [-0.4, -0.2) is 11.5 Å². The molecule has 0 atom stereocenters. The zero-order valence-electron chi connectivity index (χ0n) is 9.71. The highest BCUT2D eigenvalue weighted by Gasteiger charge is 2.16. The third kappa shape index (κ3) is 3.16. The van der Waals surface area contributed by atoms with E-state index in [-0.39, 0.29) is 10.8 Å². The molecule has 1 fully saturated rings. The van der Waals surface area contributed by atoms with Crippen LogP contribution in [-0.2, 0) is 0 Å². The Kier molecular flexibility index (Phi) is 3.94. The molecule has 3 N–H and O–H groups in total. The molecule has 0 aromatic heterocycles. The molecule has 1 aromatic carbocycles. The Morgan fingerprint density at radius 3 is 2.76 bits per heavy atom. The van der Waals surface area contributed by atoms with Gasteiger partial charge in [-0.15, -0.1) is 0 Å². The van der Waals surface area contributed by atoms with Crippen molar-refractivity contribution < 1.29 is 4.39 Å². The summed E-state index contributed by atoms with van der Waals surface area (Å²) < 4.78 is 13.6. The van der Waals surface area contributed by atoms with E-state index in [4.69, 9.17) is 18.0 Å². The standard InChI is InChI=1S/C13H17FN2S/c14-12-8-10(4-5-11(12)13(15)17)16-7-6-9-2-1-3-9/h4-5,8-9,16H,1-3,6-7H2,(H2,15,17). The maximum atomic E-state index is 13.6. The molecule has 0 heterocycles. The molecule has 0 unspecified atom stereocenters. The highest BCUT2D eigenvalue weighted by molar-refractivity contribution is 7.80. The molecule has 0 spiro atoms. The summed E-state index contributed by atoms with van der Waals surface area (Å²) in [5.74, 6) is 0.509. The summed E-state index contributed by atoms with van der Waals surface area (Å²) in [6, 6.07) is 4.90. The van der Waals surface area contributed by atoms with Crippen molar-refractivity contribution in [2.45, 2.75) is 25.7 Å². The van der Waals surface area contributed by atoms with Crippen LogP contribution in [0.25, 0.3) is 0 Å². The van der Waals surface area contributed by atoms with Crippen LogP contribution in [0.2, 0.25) is 0 Å². The molecule has 0 aliphatic heterocycles. The zero-order chi connectivity index (χ0) is 12.3. The van der Waals surface area contributed by atoms with Gasteiger partial charge in [0.05, 0.1) is 0 Å². The first kappa shape index (κ1) is 12.3. The normalized spacial score (nSPS) is 15.4. The van der Waals surface area contributed by atoms with Crippen molar-refractivity contribution in [3.05, 3.63) is 29.6 Å². The van der Waals surface area contributed by atoms with E-state index in [0.29, 0.717) is 5.56 Å². The predicted molar refractivity (Wildman–Crippen MR) is 72.7 cm³/mol. The second kappa shape index (κ2) is 5.45. The first-order chi connectivity index (χ1) is 8.16. The van der Waals surface area contributed by atoms with Gasteiger partial charge in [0.15, 0.2) is 0 Å². The van der Waals surface area contributed by atoms with E-state index in [1.165, 1.54) is 31.7 Å². The molecule has 2 rings (SSSR count). The van der Waals surface area contributed by atoms with E-state index in [1.54, 1.807) is 6.07 Å². The van der Waals surface area contributed by atoms with Gasteiger partial charge in [-0.2, -0.15) is 0 Å². The van der Waals surface area contributed by atoms with Crippen LogP contribution in [0.1, 0.15) is 31.2 Å². The monoisotopic (exact) mass is 252 g/mol. The first-order valence-corrected chi connectivity index (χ1v) is 6.41. The molecule has 4 heteroatoms. The molecule has 1 aliphatic carbocycles. The van der Waals surface area contributed by atoms with Crippen molar-refractivity contribution in [2.24, 2.45) is 11.7 Å². The van der Waals surface area contributed by atoms with Gasteiger partial charge < -0.3 is 11.1 Å². The minimum absolute atomic E-state index is 0.100. The van der Waals surface area contributed by atoms with Crippen molar-refractivity contribution in [2.75, 3.05) is 11.9 Å². The molecule has 92 valence electrons. The van der Waals surface area contributed by atoms with E-state index in [1.807, 2.05) is 6.07 Å². The van der Waals surface area contributed by atoms with Crippen molar-refractivity contribution in [1.29, 1.82) is 0 Å². The Bertz CT molecular complexity index is 416. The number of benzene rings is 1. The van der Waals surface area contributed by atoms with Gasteiger partial charge in [0.1, 0.15) is 10.8 Å². The average Bonchev–Trinajstić information content (AvgIpc) is 2.21. The molecule has 1 saturated carbocycles. The zero-order valence-corrected chi connectivity index (χ0v) is 10.5. The molecule has 17 heavy (non-hydrogen) atoms. The van der Waals surface area contributed by atoms with Crippen LogP contribution in [0.3, 0.4) is 0 Å². The van der Waals surface area contributed by atoms with E-state index >= 15 is 0 Å². The lowest BCUT2D eigenvalue weighted by molar-refractivity contribution is 0.303. The topological polar surface area (TPSA) is 38.0 Å². The van der Waals surface area contributed by atoms with Crippen LogP contribution < -0.4 is 11.1 Å². The van der Waals surface area contributed by atoms with Crippen LogP contribution >= 0.6 is 12.2 Å². The van der Waals surface area contributed by atoms with Gasteiger partial charge in [-0.1, -0.05) is 31.5 Å². The van der Waals surface area contributed by atoms with Crippen molar-refractivity contribution in [3.63, 3.8) is 0 Å². The molecule has 0 radical (unpaired) electrons. The molecular formula is C13H17FN2S. The highest BCUT2D eigenvalue weighted by atomic mass is 32.1. The highest BCUT2D eigenvalue weighted by Crippen LogP contribution is 2.29. The van der Waals surface area contributed by atoms with Crippen molar-refractivity contribution in [1.82, 2.24) is 0 Å². The fourth-order valence-electron chi connectivity index (χ4n) is 2.03. The van der Waals surface area contributed by atoms with Crippen LogP contribution in [0.15, 0.2) is 18.2 Å². The molecule has 0 bridgehead atoms. The summed E-state index contributed by atoms with van der Waals surface area (Å²) in [6.07, 6.45) is 5.22. The molecule has 0 saturated heterocycles. The fraction of sp³-hybridized carbons (Fsp3) is 0.462. The molecule has 1 aromatic rings. The lowest BCUT2D eigenvalue weighted by Gasteiger charge is -2.25. The maximum absolute atomic E-state index is 13.6. The third-order valence-corrected chi connectivity index (χ3v) is 3.56. The number of anilines is 1. The minimum Gasteiger partial charge on any atom is -0.389 e. The van der Waals surface area contributed by atoms with Crippen molar-refractivity contribution in [3.8, 4) is 0 Å². The van der Waals surface area contributed by atoms with Gasteiger partial charge in [0, 0.05) is 17.8 Å². The molecular weight excluding hydrogens is 235 g/mol. The SMILES string of the molecule is NC(=S)c1ccc(NCCC2CCC2)cc1F. The number of nitrogens with one attached hydrogen (secondary N) is 1. The molecule has 2 nitrogen and oxygen atoms in total. The van der Waals surface area contributed by atoms with Gasteiger partial charge in [0.2, 0.25) is 0 Å². The second-order valence-electron chi connectivity index (χ2n) is 4.57. The summed E-state index contributed by atoms with van der Waals surface area (Å²) in [7, 11) is 0. The fourth-order valence-corrected chi connectivity index (χ4v) is 2.19. The maximum Gasteiger partial charge on any atom is 0.135 e. The Hall–Kier alpha value is -1.16. The summed E-state index contributed by atoms with van der Waals surface area (Å²) >= 11 is 4.76. The average molecular weight is 252 g/mol. The van der Waals surface area contributed by atoms with Gasteiger partial charge in [-0.05, 0) is 30.5 Å². The smallest absolute Gasteiger partial charge is 0.135 e. The number of nitrogens with two attached hydrogens (primary N) is 1. The van der Waals surface area contributed by atoms with Crippen molar-refractivity contribution >= 4 is 22.9 Å². The molecule has 0 amide bonds. The number of thiocarbonyl (C=S) groups is 1. The molecule has 1 aliphatic rings. The van der Waals surface area contributed by atoms with Crippen LogP contribution in [0.5, 0.6) is 0 Å². The summed E-state index contributed by atoms with van der Waals surface area (Å²) in [4.78, 5) is 0.100. The Morgan fingerprint density at radius 2 is 2.24 bits per heavy atom. The first-order valence-electron chi connectivity index (χ1n) is 6.00. The van der Waals surface area contributed by atoms with Gasteiger partial charge in [-0.25, -0.2) is 4.39 Å². The summed E-state index contributed by atoms with van der Waals surface area (Å²) in [5, 5.41) is 3.23. The quantitative estimate of drug-likeness (QED) is 0.791. The Balaban J connectivity index is 1.88. The van der Waals surface area contributed by atoms with Gasteiger partial charge in [0.25, 0.3) is 0 Å². The van der Waals surface area contributed by atoms with Crippen LogP contribution in [0.4, 0.5) is 10.1 Å². The third-order valence-electron chi connectivity index (χ3n) is 3.34.